The maximum absolute atomic E-state index is 12.7. The Kier molecular flexibility index (Phi) is 7.66. The number of allylic oxidation sites excluding steroid dienone is 1. The summed E-state index contributed by atoms with van der Waals surface area (Å²) >= 11 is 0. The molecule has 0 bridgehead atoms. The Bertz CT molecular complexity index is 1440. The number of nitrogens with zero attached hydrogens (tertiary/aromatic N) is 4. The van der Waals surface area contributed by atoms with Gasteiger partial charge in [0.05, 0.1) is 16.1 Å². The number of hydrazine groups is 1. The molecule has 0 amide bonds. The van der Waals surface area contributed by atoms with E-state index in [1.54, 1.807) is 51.1 Å². The first-order valence-corrected chi connectivity index (χ1v) is 12.8. The number of nitrogens with two attached hydrogens (primary N) is 1. The minimum atomic E-state index is -3.97. The van der Waals surface area contributed by atoms with Gasteiger partial charge in [0, 0.05) is 12.7 Å². The zero-order valence-corrected chi connectivity index (χ0v) is 21.4. The van der Waals surface area contributed by atoms with Crippen LogP contribution in [0.3, 0.4) is 0 Å². The van der Waals surface area contributed by atoms with Crippen molar-refractivity contribution in [3.8, 4) is 11.8 Å². The molecule has 0 aliphatic carbocycles. The van der Waals surface area contributed by atoms with Crippen molar-refractivity contribution >= 4 is 21.5 Å². The lowest BCUT2D eigenvalue weighted by atomic mass is 10.1. The van der Waals surface area contributed by atoms with Gasteiger partial charge in [-0.15, -0.1) is 0 Å². The third-order valence-electron chi connectivity index (χ3n) is 4.94. The summed E-state index contributed by atoms with van der Waals surface area (Å²) in [5.41, 5.74) is -2.88. The van der Waals surface area contributed by atoms with Crippen molar-refractivity contribution in [3.63, 3.8) is 0 Å². The van der Waals surface area contributed by atoms with Gasteiger partial charge >= 0.3 is 11.7 Å². The lowest BCUT2D eigenvalue weighted by molar-refractivity contribution is -0.419. The molecule has 1 heterocycles. The molecule has 0 radical (unpaired) electrons. The molecule has 0 aromatic heterocycles. The van der Waals surface area contributed by atoms with E-state index in [1.807, 2.05) is 6.07 Å². The van der Waals surface area contributed by atoms with Crippen molar-refractivity contribution in [2.24, 2.45) is 10.8 Å². The van der Waals surface area contributed by atoms with E-state index in [2.05, 4.69) is 4.99 Å². The van der Waals surface area contributed by atoms with Crippen LogP contribution in [-0.4, -0.2) is 47.4 Å². The fraction of sp³-hybridized carbons (Fsp3) is 0.292. The second-order valence-corrected chi connectivity index (χ2v) is 11.2. The topological polar surface area (TPSA) is 178 Å². The number of benzene rings is 2. The molecule has 0 saturated heterocycles. The number of hydrogen-bond donors (Lipinski definition) is 1. The number of esters is 1. The highest BCUT2D eigenvalue weighted by Gasteiger charge is 2.42. The Hall–Kier alpha value is -4.28. The number of nitriles is 1. The molecule has 2 aromatic carbocycles. The fourth-order valence-electron chi connectivity index (χ4n) is 3.41. The van der Waals surface area contributed by atoms with Gasteiger partial charge in [-0.2, -0.15) is 5.26 Å². The van der Waals surface area contributed by atoms with Crippen LogP contribution in [0.2, 0.25) is 0 Å². The Morgan fingerprint density at radius 1 is 1.24 bits per heavy atom. The number of aliphatic imine (C=N–C) groups is 1. The molecule has 0 fully saturated rings. The molecule has 37 heavy (non-hydrogen) atoms. The monoisotopic (exact) mass is 527 g/mol. The van der Waals surface area contributed by atoms with Crippen LogP contribution in [0.25, 0.3) is 0 Å². The number of carbonyl (C=O) groups is 1. The maximum Gasteiger partial charge on any atom is 0.351 e. The summed E-state index contributed by atoms with van der Waals surface area (Å²) in [6, 6.07) is 14.2. The molecule has 1 unspecified atom stereocenters. The summed E-state index contributed by atoms with van der Waals surface area (Å²) in [5.74, 6) is 4.47. The summed E-state index contributed by atoms with van der Waals surface area (Å²) in [4.78, 5) is 28.1. The molecule has 12 nitrogen and oxygen atoms in total. The van der Waals surface area contributed by atoms with Crippen LogP contribution in [0.4, 0.5) is 0 Å². The Balaban J connectivity index is 2.13. The van der Waals surface area contributed by atoms with Crippen LogP contribution in [0, 0.1) is 21.4 Å². The van der Waals surface area contributed by atoms with Crippen LogP contribution in [0.1, 0.15) is 42.3 Å². The molecule has 2 aromatic rings. The second kappa shape index (κ2) is 10.4. The van der Waals surface area contributed by atoms with Gasteiger partial charge in [0.1, 0.15) is 23.1 Å². The molecule has 2 N–H and O–H groups in total. The minimum Gasteiger partial charge on any atom is -0.456 e. The molecule has 13 heteroatoms. The van der Waals surface area contributed by atoms with Crippen molar-refractivity contribution in [1.29, 1.82) is 5.26 Å². The van der Waals surface area contributed by atoms with Gasteiger partial charge in [0.25, 0.3) is 5.88 Å². The summed E-state index contributed by atoms with van der Waals surface area (Å²) in [6.07, 6.45) is 0.818. The van der Waals surface area contributed by atoms with E-state index < -0.39 is 43.4 Å². The van der Waals surface area contributed by atoms with Crippen molar-refractivity contribution in [1.82, 2.24) is 5.01 Å². The average Bonchev–Trinajstić information content (AvgIpc) is 2.79. The van der Waals surface area contributed by atoms with Crippen molar-refractivity contribution in [3.05, 3.63) is 86.9 Å². The molecule has 1 aliphatic rings. The predicted molar refractivity (Wildman–Crippen MR) is 133 cm³/mol. The molecule has 3 rings (SSSR count). The Morgan fingerprint density at radius 3 is 2.43 bits per heavy atom. The van der Waals surface area contributed by atoms with E-state index in [0.29, 0.717) is 10.6 Å². The van der Waals surface area contributed by atoms with E-state index in [1.165, 1.54) is 18.2 Å². The smallest absolute Gasteiger partial charge is 0.351 e. The van der Waals surface area contributed by atoms with Crippen LogP contribution < -0.4 is 10.6 Å². The Morgan fingerprint density at radius 2 is 1.89 bits per heavy atom. The van der Waals surface area contributed by atoms with Crippen LogP contribution in [-0.2, 0) is 21.0 Å². The highest BCUT2D eigenvalue weighted by Crippen LogP contribution is 2.29. The zero-order chi connectivity index (χ0) is 27.5. The standard InChI is InChI=1S/C24H25N5O7S/c1-24(2,3)36-22(30)18-13-17(11-10-16(18)14-25)35-21-20(29(31)32)19(12-15-8-6-5-7-9-15)27-23(28(21)26)37(4,33)34/h5-11,13,23H,12,26H2,1-4H3. The number of carbonyl (C=O) groups excluding carboxylic acids is 1. The number of ether oxygens (including phenoxy) is 2. The largest absolute Gasteiger partial charge is 0.456 e. The normalized spacial score (nSPS) is 16.1. The quantitative estimate of drug-likeness (QED) is 0.243. The highest BCUT2D eigenvalue weighted by molar-refractivity contribution is 7.91. The van der Waals surface area contributed by atoms with Gasteiger partial charge in [-0.25, -0.2) is 29.1 Å². The maximum atomic E-state index is 12.7. The van der Waals surface area contributed by atoms with Gasteiger partial charge < -0.3 is 9.47 Å². The van der Waals surface area contributed by atoms with E-state index in [9.17, 15) is 28.6 Å². The van der Waals surface area contributed by atoms with E-state index in [4.69, 9.17) is 15.3 Å². The highest BCUT2D eigenvalue weighted by atomic mass is 32.2. The molecule has 0 spiro atoms. The Labute approximate surface area is 213 Å². The number of nitro groups is 1. The van der Waals surface area contributed by atoms with Gasteiger partial charge in [-0.05, 0) is 44.5 Å². The number of rotatable bonds is 7. The van der Waals surface area contributed by atoms with Gasteiger partial charge in [-0.3, -0.25) is 10.1 Å². The van der Waals surface area contributed by atoms with Gasteiger partial charge in [0.2, 0.25) is 5.50 Å². The van der Waals surface area contributed by atoms with Crippen LogP contribution in [0.5, 0.6) is 5.75 Å². The lowest BCUT2D eigenvalue weighted by Gasteiger charge is -2.30. The number of hydrogen-bond acceptors (Lipinski definition) is 11. The number of sulfone groups is 1. The third-order valence-corrected chi connectivity index (χ3v) is 6.04. The lowest BCUT2D eigenvalue weighted by Crippen LogP contribution is -2.50. The van der Waals surface area contributed by atoms with Crippen molar-refractivity contribution < 1.29 is 27.6 Å². The van der Waals surface area contributed by atoms with Crippen LogP contribution in [0.15, 0.2) is 65.1 Å². The van der Waals surface area contributed by atoms with Crippen molar-refractivity contribution in [2.75, 3.05) is 6.26 Å². The van der Waals surface area contributed by atoms with E-state index in [0.717, 1.165) is 6.26 Å². The first kappa shape index (κ1) is 27.3. The molecule has 194 valence electrons. The predicted octanol–water partition coefficient (Wildman–Crippen LogP) is 2.54. The molecule has 1 atom stereocenters. The summed E-state index contributed by atoms with van der Waals surface area (Å²) in [6.45, 7) is 4.95. The fourth-order valence-corrected chi connectivity index (χ4v) is 4.23. The van der Waals surface area contributed by atoms with Crippen molar-refractivity contribution in [2.45, 2.75) is 38.3 Å². The third kappa shape index (κ3) is 6.49. The SMILES string of the molecule is CC(C)(C)OC(=O)c1cc(OC2=C([N+](=O)[O-])C(Cc3ccccc3)=NC(S(C)(=O)=O)N2N)ccc1C#N. The first-order chi connectivity index (χ1) is 17.2. The molecule has 0 saturated carbocycles. The zero-order valence-electron chi connectivity index (χ0n) is 20.5. The molecular weight excluding hydrogens is 502 g/mol. The van der Waals surface area contributed by atoms with E-state index >= 15 is 0 Å². The summed E-state index contributed by atoms with van der Waals surface area (Å²) in [7, 11) is -3.97. The summed E-state index contributed by atoms with van der Waals surface area (Å²) < 4.78 is 36.0. The van der Waals surface area contributed by atoms with E-state index in [-0.39, 0.29) is 29.0 Å². The van der Waals surface area contributed by atoms with Gasteiger partial charge in [0.15, 0.2) is 9.84 Å². The second-order valence-electron chi connectivity index (χ2n) is 9.14. The summed E-state index contributed by atoms with van der Waals surface area (Å²) in [5, 5.41) is 22.1. The van der Waals surface area contributed by atoms with Crippen LogP contribution >= 0.6 is 0 Å². The molecule has 1 aliphatic heterocycles. The minimum absolute atomic E-state index is 0.0151. The average molecular weight is 528 g/mol. The van der Waals surface area contributed by atoms with Gasteiger partial charge in [-0.1, -0.05) is 30.3 Å². The first-order valence-electron chi connectivity index (χ1n) is 10.9. The molecular formula is C24H25N5O7S.